The molecule has 0 saturated heterocycles. The van der Waals surface area contributed by atoms with E-state index in [4.69, 9.17) is 5.73 Å². The molecule has 1 aromatic carbocycles. The van der Waals surface area contributed by atoms with Crippen molar-refractivity contribution in [1.29, 1.82) is 0 Å². The summed E-state index contributed by atoms with van der Waals surface area (Å²) in [6.07, 6.45) is 4.98. The smallest absolute Gasteiger partial charge is 0.230 e. The average Bonchev–Trinajstić information content (AvgIpc) is 3.07. The number of nitrogens with zero attached hydrogens (tertiary/aromatic N) is 2. The van der Waals surface area contributed by atoms with Crippen molar-refractivity contribution in [2.24, 2.45) is 0 Å². The van der Waals surface area contributed by atoms with E-state index in [0.29, 0.717) is 29.5 Å². The Hall–Kier alpha value is -2.19. The van der Waals surface area contributed by atoms with E-state index >= 15 is 0 Å². The molecule has 0 unspecified atom stereocenters. The maximum absolute atomic E-state index is 13.6. The molecule has 3 N–H and O–H groups in total. The van der Waals surface area contributed by atoms with Crippen LogP contribution in [0.25, 0.3) is 10.2 Å². The molecule has 0 bridgehead atoms. The van der Waals surface area contributed by atoms with Gasteiger partial charge in [0, 0.05) is 11.4 Å². The van der Waals surface area contributed by atoms with Gasteiger partial charge in [-0.15, -0.1) is 11.3 Å². The number of carbonyl (C=O) groups is 1. The number of thioether (sulfide) groups is 1. The van der Waals surface area contributed by atoms with E-state index in [0.717, 1.165) is 23.1 Å². The third-order valence-corrected chi connectivity index (χ3v) is 6.86. The van der Waals surface area contributed by atoms with Gasteiger partial charge < -0.3 is 11.1 Å². The molecule has 0 fully saturated rings. The van der Waals surface area contributed by atoms with Gasteiger partial charge in [-0.1, -0.05) is 30.0 Å². The number of hydrogen-bond acceptors (Lipinski definition) is 6. The van der Waals surface area contributed by atoms with Crippen LogP contribution in [-0.2, 0) is 24.1 Å². The predicted octanol–water partition coefficient (Wildman–Crippen LogP) is 3.74. The van der Waals surface area contributed by atoms with Crippen molar-refractivity contribution in [3.8, 4) is 0 Å². The summed E-state index contributed by atoms with van der Waals surface area (Å²) in [6.45, 7) is 0.389. The summed E-state index contributed by atoms with van der Waals surface area (Å²) >= 11 is 2.97. The number of carbonyl (C=O) groups excluding carboxylic acids is 1. The van der Waals surface area contributed by atoms with Crippen LogP contribution < -0.4 is 11.1 Å². The van der Waals surface area contributed by atoms with E-state index in [9.17, 15) is 9.18 Å². The number of hydrogen-bond donors (Lipinski definition) is 2. The summed E-state index contributed by atoms with van der Waals surface area (Å²) in [5.41, 5.74) is 8.10. The molecule has 0 aliphatic heterocycles. The number of fused-ring (bicyclic) bond motifs is 3. The van der Waals surface area contributed by atoms with Crippen molar-refractivity contribution in [3.63, 3.8) is 0 Å². The first-order valence-electron chi connectivity index (χ1n) is 9.32. The second kappa shape index (κ2) is 8.45. The number of aryl methyl sites for hydroxylation is 2. The fourth-order valence-corrected chi connectivity index (χ4v) is 5.46. The highest BCUT2D eigenvalue weighted by Gasteiger charge is 2.20. The number of rotatable bonds is 6. The molecule has 146 valence electrons. The summed E-state index contributed by atoms with van der Waals surface area (Å²) in [6, 6.07) is 6.59. The van der Waals surface area contributed by atoms with E-state index in [1.807, 2.05) is 0 Å². The lowest BCUT2D eigenvalue weighted by molar-refractivity contribution is -0.118. The summed E-state index contributed by atoms with van der Waals surface area (Å²) in [5, 5.41) is 4.33. The van der Waals surface area contributed by atoms with Crippen LogP contribution >= 0.6 is 23.1 Å². The Morgan fingerprint density at radius 1 is 1.25 bits per heavy atom. The Bertz CT molecular complexity index is 1020. The third kappa shape index (κ3) is 4.12. The SMILES string of the molecule is Nc1nc(SCC(=O)NCCc2ccccc2F)nc2sc3c(c12)CCCC3. The minimum Gasteiger partial charge on any atom is -0.383 e. The van der Waals surface area contributed by atoms with Crippen LogP contribution in [0.1, 0.15) is 28.8 Å². The molecule has 0 saturated carbocycles. The summed E-state index contributed by atoms with van der Waals surface area (Å²) < 4.78 is 13.6. The Morgan fingerprint density at radius 3 is 2.93 bits per heavy atom. The molecule has 1 aliphatic rings. The lowest BCUT2D eigenvalue weighted by Gasteiger charge is -2.10. The predicted molar refractivity (Wildman–Crippen MR) is 112 cm³/mol. The largest absolute Gasteiger partial charge is 0.383 e. The summed E-state index contributed by atoms with van der Waals surface area (Å²) in [5.74, 6) is 0.329. The van der Waals surface area contributed by atoms with E-state index in [1.165, 1.54) is 41.1 Å². The zero-order chi connectivity index (χ0) is 19.5. The number of nitrogens with one attached hydrogen (secondary N) is 1. The second-order valence-corrected chi connectivity index (χ2v) is 8.79. The van der Waals surface area contributed by atoms with E-state index < -0.39 is 0 Å². The van der Waals surface area contributed by atoms with Crippen molar-refractivity contribution >= 4 is 45.0 Å². The number of amides is 1. The molecule has 28 heavy (non-hydrogen) atoms. The molecule has 2 heterocycles. The van der Waals surface area contributed by atoms with Crippen LogP contribution in [0.15, 0.2) is 29.4 Å². The topological polar surface area (TPSA) is 80.9 Å². The molecule has 0 spiro atoms. The minimum atomic E-state index is -0.248. The zero-order valence-corrected chi connectivity index (χ0v) is 17.0. The van der Waals surface area contributed by atoms with Gasteiger partial charge in [0.15, 0.2) is 5.16 Å². The molecule has 2 aromatic heterocycles. The fourth-order valence-electron chi connectivity index (χ4n) is 3.45. The van der Waals surface area contributed by atoms with Gasteiger partial charge in [-0.25, -0.2) is 14.4 Å². The number of anilines is 1. The van der Waals surface area contributed by atoms with Gasteiger partial charge in [-0.2, -0.15) is 0 Å². The van der Waals surface area contributed by atoms with E-state index in [-0.39, 0.29) is 17.5 Å². The molecule has 5 nitrogen and oxygen atoms in total. The van der Waals surface area contributed by atoms with Crippen molar-refractivity contribution in [2.45, 2.75) is 37.3 Å². The Balaban J connectivity index is 1.35. The van der Waals surface area contributed by atoms with Crippen molar-refractivity contribution in [3.05, 3.63) is 46.1 Å². The van der Waals surface area contributed by atoms with E-state index in [2.05, 4.69) is 15.3 Å². The maximum atomic E-state index is 13.6. The van der Waals surface area contributed by atoms with Crippen molar-refractivity contribution < 1.29 is 9.18 Å². The molecular weight excluding hydrogens is 395 g/mol. The lowest BCUT2D eigenvalue weighted by Crippen LogP contribution is -2.27. The number of nitrogen functional groups attached to an aromatic ring is 1. The standard InChI is InChI=1S/C20H21FN4OS2/c21-14-7-3-1-5-12(14)9-10-23-16(26)11-27-20-24-18(22)17-13-6-2-4-8-15(13)28-19(17)25-20/h1,3,5,7H,2,4,6,8-11H2,(H,23,26)(H2,22,24,25). The quantitative estimate of drug-likeness (QED) is 0.473. The highest BCUT2D eigenvalue weighted by Crippen LogP contribution is 2.38. The van der Waals surface area contributed by atoms with Crippen LogP contribution in [0.5, 0.6) is 0 Å². The molecule has 8 heteroatoms. The van der Waals surface area contributed by atoms with Gasteiger partial charge in [-0.3, -0.25) is 4.79 Å². The highest BCUT2D eigenvalue weighted by molar-refractivity contribution is 7.99. The van der Waals surface area contributed by atoms with Gasteiger partial charge in [0.2, 0.25) is 5.91 Å². The minimum absolute atomic E-state index is 0.130. The molecule has 0 atom stereocenters. The summed E-state index contributed by atoms with van der Waals surface area (Å²) in [4.78, 5) is 23.4. The van der Waals surface area contributed by atoms with Crippen LogP contribution in [0.3, 0.4) is 0 Å². The fraction of sp³-hybridized carbons (Fsp3) is 0.350. The first-order chi connectivity index (χ1) is 13.6. The van der Waals surface area contributed by atoms with Crippen LogP contribution in [0.4, 0.5) is 10.2 Å². The number of halogens is 1. The average molecular weight is 417 g/mol. The first-order valence-corrected chi connectivity index (χ1v) is 11.1. The maximum Gasteiger partial charge on any atom is 0.230 e. The summed E-state index contributed by atoms with van der Waals surface area (Å²) in [7, 11) is 0. The Kier molecular flexibility index (Phi) is 5.77. The number of nitrogens with two attached hydrogens (primary N) is 1. The first kappa shape index (κ1) is 19.1. The highest BCUT2D eigenvalue weighted by atomic mass is 32.2. The van der Waals surface area contributed by atoms with Crippen LogP contribution in [0, 0.1) is 5.82 Å². The molecular formula is C20H21FN4OS2. The number of aromatic nitrogens is 2. The zero-order valence-electron chi connectivity index (χ0n) is 15.3. The van der Waals surface area contributed by atoms with Crippen molar-refractivity contribution in [2.75, 3.05) is 18.0 Å². The van der Waals surface area contributed by atoms with Gasteiger partial charge in [0.1, 0.15) is 16.5 Å². The number of thiophene rings is 1. The molecule has 1 amide bonds. The van der Waals surface area contributed by atoms with Crippen LogP contribution in [-0.4, -0.2) is 28.2 Å². The van der Waals surface area contributed by atoms with E-state index in [1.54, 1.807) is 29.5 Å². The Labute approximate surface area is 171 Å². The molecule has 3 aromatic rings. The van der Waals surface area contributed by atoms with Gasteiger partial charge in [0.05, 0.1) is 11.1 Å². The van der Waals surface area contributed by atoms with Crippen molar-refractivity contribution in [1.82, 2.24) is 15.3 Å². The second-order valence-electron chi connectivity index (χ2n) is 6.76. The number of benzene rings is 1. The molecule has 1 aliphatic carbocycles. The molecule has 4 rings (SSSR count). The lowest BCUT2D eigenvalue weighted by atomic mass is 9.97. The third-order valence-electron chi connectivity index (χ3n) is 4.83. The van der Waals surface area contributed by atoms with Gasteiger partial charge in [0.25, 0.3) is 0 Å². The van der Waals surface area contributed by atoms with Gasteiger partial charge in [-0.05, 0) is 49.3 Å². The van der Waals surface area contributed by atoms with Crippen LogP contribution in [0.2, 0.25) is 0 Å². The normalized spacial score (nSPS) is 13.5. The Morgan fingerprint density at radius 2 is 2.07 bits per heavy atom. The molecule has 0 radical (unpaired) electrons. The van der Waals surface area contributed by atoms with Gasteiger partial charge >= 0.3 is 0 Å². The monoisotopic (exact) mass is 416 g/mol.